The van der Waals surface area contributed by atoms with Crippen LogP contribution in [0.1, 0.15) is 18.5 Å². The normalized spacial score (nSPS) is 15.6. The van der Waals surface area contributed by atoms with Crippen LogP contribution in [0.3, 0.4) is 0 Å². The summed E-state index contributed by atoms with van der Waals surface area (Å²) in [6.07, 6.45) is 1.47. The molecule has 2 aromatic carbocycles. The van der Waals surface area contributed by atoms with Crippen molar-refractivity contribution in [2.75, 3.05) is 11.9 Å². The Bertz CT molecular complexity index is 1180. The Labute approximate surface area is 166 Å². The molecule has 8 heteroatoms. The molecule has 0 spiro atoms. The zero-order valence-corrected chi connectivity index (χ0v) is 15.7. The van der Waals surface area contributed by atoms with Crippen LogP contribution in [-0.4, -0.2) is 27.1 Å². The number of fused-ring (bicyclic) bond motifs is 3. The van der Waals surface area contributed by atoms with Gasteiger partial charge in [0.15, 0.2) is 0 Å². The highest BCUT2D eigenvalue weighted by Crippen LogP contribution is 2.42. The topological polar surface area (TPSA) is 99.3 Å². The van der Waals surface area contributed by atoms with Crippen molar-refractivity contribution in [1.82, 2.24) is 9.55 Å². The summed E-state index contributed by atoms with van der Waals surface area (Å²) >= 11 is 0. The van der Waals surface area contributed by atoms with Gasteiger partial charge in [0.1, 0.15) is 12.6 Å². The fourth-order valence-electron chi connectivity index (χ4n) is 3.62. The van der Waals surface area contributed by atoms with Gasteiger partial charge in [-0.3, -0.25) is 14.7 Å². The third-order valence-corrected chi connectivity index (χ3v) is 4.81. The van der Waals surface area contributed by atoms with E-state index in [4.69, 9.17) is 4.74 Å². The van der Waals surface area contributed by atoms with Crippen molar-refractivity contribution >= 4 is 28.6 Å². The lowest BCUT2D eigenvalue weighted by atomic mass is 9.93. The Kier molecular flexibility index (Phi) is 4.59. The van der Waals surface area contributed by atoms with Crippen molar-refractivity contribution < 1.29 is 14.5 Å². The van der Waals surface area contributed by atoms with Crippen LogP contribution in [0.25, 0.3) is 11.0 Å². The minimum atomic E-state index is -0.766. The Balaban J connectivity index is 2.00. The lowest BCUT2D eigenvalue weighted by Gasteiger charge is -2.29. The largest absolute Gasteiger partial charge is 0.458 e. The number of carbonyl (C=O) groups is 1. The monoisotopic (exact) mass is 390 g/mol. The van der Waals surface area contributed by atoms with E-state index >= 15 is 0 Å². The number of carbonyl (C=O) groups excluding carboxylic acids is 1. The SMILES string of the molecule is C=CCOC(=O)C1=C(C)Nc2nc3ccccc3n2[C@H]1c1ccccc1[N+](=O)[O-]. The molecule has 0 bridgehead atoms. The Morgan fingerprint density at radius 2 is 2.03 bits per heavy atom. The first-order chi connectivity index (χ1) is 14.0. The number of benzene rings is 2. The molecular weight excluding hydrogens is 372 g/mol. The molecule has 0 saturated heterocycles. The molecule has 1 aromatic heterocycles. The average molecular weight is 390 g/mol. The lowest BCUT2D eigenvalue weighted by molar-refractivity contribution is -0.385. The van der Waals surface area contributed by atoms with Gasteiger partial charge >= 0.3 is 5.97 Å². The highest BCUT2D eigenvalue weighted by Gasteiger charge is 2.38. The summed E-state index contributed by atoms with van der Waals surface area (Å²) in [7, 11) is 0. The number of nitrogens with zero attached hydrogens (tertiary/aromatic N) is 3. The number of hydrogen-bond acceptors (Lipinski definition) is 6. The fraction of sp³-hybridized carbons (Fsp3) is 0.143. The molecule has 0 saturated carbocycles. The fourth-order valence-corrected chi connectivity index (χ4v) is 3.62. The van der Waals surface area contributed by atoms with E-state index < -0.39 is 16.9 Å². The third kappa shape index (κ3) is 3.04. The second-order valence-corrected chi connectivity index (χ2v) is 6.56. The second-order valence-electron chi connectivity index (χ2n) is 6.56. The molecule has 146 valence electrons. The molecule has 4 rings (SSSR count). The number of anilines is 1. The van der Waals surface area contributed by atoms with E-state index in [1.807, 2.05) is 24.3 Å². The van der Waals surface area contributed by atoms with Crippen molar-refractivity contribution in [3.8, 4) is 0 Å². The van der Waals surface area contributed by atoms with Crippen LogP contribution in [0.4, 0.5) is 11.6 Å². The van der Waals surface area contributed by atoms with E-state index in [0.29, 0.717) is 22.7 Å². The van der Waals surface area contributed by atoms with Gasteiger partial charge in [0.25, 0.3) is 5.69 Å². The van der Waals surface area contributed by atoms with Crippen LogP contribution in [0.15, 0.2) is 72.5 Å². The van der Waals surface area contributed by atoms with Gasteiger partial charge in [0, 0.05) is 11.8 Å². The minimum absolute atomic E-state index is 0.0384. The van der Waals surface area contributed by atoms with Gasteiger partial charge in [0.05, 0.1) is 27.1 Å². The van der Waals surface area contributed by atoms with Gasteiger partial charge in [-0.15, -0.1) is 0 Å². The van der Waals surface area contributed by atoms with E-state index in [9.17, 15) is 14.9 Å². The molecule has 2 heterocycles. The number of nitrogens with one attached hydrogen (secondary N) is 1. The maximum atomic E-state index is 12.9. The number of allylic oxidation sites excluding steroid dienone is 1. The maximum Gasteiger partial charge on any atom is 0.338 e. The van der Waals surface area contributed by atoms with Crippen LogP contribution in [0.5, 0.6) is 0 Å². The van der Waals surface area contributed by atoms with Crippen LogP contribution in [-0.2, 0) is 9.53 Å². The summed E-state index contributed by atoms with van der Waals surface area (Å²) in [5, 5.41) is 14.9. The van der Waals surface area contributed by atoms with Crippen molar-refractivity contribution in [2.24, 2.45) is 0 Å². The van der Waals surface area contributed by atoms with Gasteiger partial charge in [0.2, 0.25) is 5.95 Å². The zero-order chi connectivity index (χ0) is 20.5. The summed E-state index contributed by atoms with van der Waals surface area (Å²) in [6, 6.07) is 13.1. The standard InChI is InChI=1S/C21H18N4O4/c1-3-12-29-20(26)18-13(2)22-21-23-15-9-5-7-11-17(15)24(21)19(18)14-8-4-6-10-16(14)25(27)28/h3-11,19H,1,12H2,2H3,(H,22,23)/t19-/m0/s1. The van der Waals surface area contributed by atoms with Gasteiger partial charge in [-0.1, -0.05) is 36.9 Å². The lowest BCUT2D eigenvalue weighted by Crippen LogP contribution is -2.29. The van der Waals surface area contributed by atoms with Gasteiger partial charge in [-0.25, -0.2) is 9.78 Å². The number of ether oxygens (including phenoxy) is 1. The predicted octanol–water partition coefficient (Wildman–Crippen LogP) is 3.96. The number of para-hydroxylation sites is 3. The molecule has 29 heavy (non-hydrogen) atoms. The van der Waals surface area contributed by atoms with Gasteiger partial charge in [-0.2, -0.15) is 0 Å². The van der Waals surface area contributed by atoms with Crippen LogP contribution in [0, 0.1) is 10.1 Å². The Morgan fingerprint density at radius 3 is 2.79 bits per heavy atom. The average Bonchev–Trinajstić information content (AvgIpc) is 3.08. The molecule has 0 fully saturated rings. The molecule has 1 aliphatic rings. The number of nitro groups is 1. The number of imidazole rings is 1. The van der Waals surface area contributed by atoms with Crippen molar-refractivity contribution in [2.45, 2.75) is 13.0 Å². The summed E-state index contributed by atoms with van der Waals surface area (Å²) in [4.78, 5) is 28.8. The second kappa shape index (κ2) is 7.23. The van der Waals surface area contributed by atoms with E-state index in [1.165, 1.54) is 12.1 Å². The number of nitro benzene ring substituents is 1. The molecule has 0 amide bonds. The van der Waals surface area contributed by atoms with E-state index in [2.05, 4.69) is 16.9 Å². The van der Waals surface area contributed by atoms with Crippen molar-refractivity contribution in [3.63, 3.8) is 0 Å². The molecule has 0 radical (unpaired) electrons. The summed E-state index contributed by atoms with van der Waals surface area (Å²) in [6.45, 7) is 5.34. The molecule has 1 aliphatic heterocycles. The first-order valence-electron chi connectivity index (χ1n) is 8.99. The Morgan fingerprint density at radius 1 is 1.31 bits per heavy atom. The first-order valence-corrected chi connectivity index (χ1v) is 8.99. The van der Waals surface area contributed by atoms with E-state index in [0.717, 1.165) is 5.52 Å². The highest BCUT2D eigenvalue weighted by molar-refractivity contribution is 5.94. The van der Waals surface area contributed by atoms with Crippen LogP contribution < -0.4 is 5.32 Å². The van der Waals surface area contributed by atoms with Crippen molar-refractivity contribution in [3.05, 3.63) is 88.1 Å². The predicted molar refractivity (Wildman–Crippen MR) is 108 cm³/mol. The van der Waals surface area contributed by atoms with E-state index in [-0.39, 0.29) is 17.9 Å². The van der Waals surface area contributed by atoms with Crippen molar-refractivity contribution in [1.29, 1.82) is 0 Å². The molecule has 0 unspecified atom stereocenters. The third-order valence-electron chi connectivity index (χ3n) is 4.81. The van der Waals surface area contributed by atoms with Crippen LogP contribution in [0.2, 0.25) is 0 Å². The van der Waals surface area contributed by atoms with Crippen LogP contribution >= 0.6 is 0 Å². The molecule has 8 nitrogen and oxygen atoms in total. The Hall–Kier alpha value is -3.94. The van der Waals surface area contributed by atoms with E-state index in [1.54, 1.807) is 29.7 Å². The number of rotatable bonds is 5. The summed E-state index contributed by atoms with van der Waals surface area (Å²) in [5.41, 5.74) is 2.59. The smallest absolute Gasteiger partial charge is 0.338 e. The number of aromatic nitrogens is 2. The van der Waals surface area contributed by atoms with Gasteiger partial charge in [-0.05, 0) is 25.1 Å². The van der Waals surface area contributed by atoms with Gasteiger partial charge < -0.3 is 10.1 Å². The highest BCUT2D eigenvalue weighted by atomic mass is 16.6. The quantitative estimate of drug-likeness (QED) is 0.306. The minimum Gasteiger partial charge on any atom is -0.458 e. The zero-order valence-electron chi connectivity index (χ0n) is 15.7. The maximum absolute atomic E-state index is 12.9. The molecule has 1 N–H and O–H groups in total. The first kappa shape index (κ1) is 18.4. The molecule has 3 aromatic rings. The molecule has 0 aliphatic carbocycles. The summed E-state index contributed by atoms with van der Waals surface area (Å²) in [5.74, 6) is -0.0615. The number of hydrogen-bond donors (Lipinski definition) is 1. The molecular formula is C21H18N4O4. The molecule has 1 atom stereocenters. The number of esters is 1. The summed E-state index contributed by atoms with van der Waals surface area (Å²) < 4.78 is 7.10.